The Morgan fingerprint density at radius 2 is 1.53 bits per heavy atom. The normalized spacial score (nSPS) is 14.2. The van der Waals surface area contributed by atoms with Gasteiger partial charge in [0, 0.05) is 13.1 Å². The van der Waals surface area contributed by atoms with E-state index in [1.165, 1.54) is 5.56 Å². The molecule has 0 amide bonds. The fourth-order valence-corrected chi connectivity index (χ4v) is 2.38. The molecule has 2 heteroatoms. The lowest BCUT2D eigenvalue weighted by molar-refractivity contribution is 0.108. The van der Waals surface area contributed by atoms with Gasteiger partial charge in [0.1, 0.15) is 0 Å². The van der Waals surface area contributed by atoms with Gasteiger partial charge in [-0.2, -0.15) is 0 Å². The summed E-state index contributed by atoms with van der Waals surface area (Å²) in [7, 11) is 2.07. The summed E-state index contributed by atoms with van der Waals surface area (Å²) in [6.07, 6.45) is -0.409. The Hall–Kier alpha value is -0.860. The fraction of sp³-hybridized carbons (Fsp3) is 0.647. The van der Waals surface area contributed by atoms with Gasteiger partial charge in [-0.05, 0) is 29.5 Å². The maximum absolute atomic E-state index is 10.3. The van der Waals surface area contributed by atoms with Crippen LogP contribution in [0.15, 0.2) is 24.3 Å². The van der Waals surface area contributed by atoms with Crippen LogP contribution in [0, 0.1) is 5.41 Å². The highest BCUT2D eigenvalue weighted by Gasteiger charge is 2.17. The maximum Gasteiger partial charge on any atom is 0.0916 e. The van der Waals surface area contributed by atoms with Crippen LogP contribution in [-0.4, -0.2) is 30.1 Å². The highest BCUT2D eigenvalue weighted by atomic mass is 16.3. The topological polar surface area (TPSA) is 23.5 Å². The molecule has 0 aliphatic heterocycles. The molecule has 0 aromatic heterocycles. The monoisotopic (exact) mass is 263 g/mol. The summed E-state index contributed by atoms with van der Waals surface area (Å²) in [6, 6.07) is 8.33. The highest BCUT2D eigenvalue weighted by molar-refractivity contribution is 5.26. The number of hydrogen-bond acceptors (Lipinski definition) is 2. The molecule has 1 unspecified atom stereocenters. The van der Waals surface area contributed by atoms with E-state index in [1.807, 2.05) is 12.1 Å². The van der Waals surface area contributed by atoms with Gasteiger partial charge in [-0.25, -0.2) is 0 Å². The number of likely N-dealkylation sites (N-methyl/N-ethyl adjacent to an activating group) is 1. The molecule has 0 aliphatic rings. The second-order valence-electron chi connectivity index (χ2n) is 7.09. The summed E-state index contributed by atoms with van der Waals surface area (Å²) in [4.78, 5) is 2.20. The summed E-state index contributed by atoms with van der Waals surface area (Å²) in [6.45, 7) is 12.7. The van der Waals surface area contributed by atoms with E-state index in [-0.39, 0.29) is 5.41 Å². The number of hydrogen-bond donors (Lipinski definition) is 1. The third-order valence-corrected chi connectivity index (χ3v) is 3.22. The molecule has 1 rings (SSSR count). The first-order valence-corrected chi connectivity index (χ1v) is 7.15. The van der Waals surface area contributed by atoms with E-state index in [9.17, 15) is 5.11 Å². The van der Waals surface area contributed by atoms with Crippen molar-refractivity contribution in [3.63, 3.8) is 0 Å². The summed E-state index contributed by atoms with van der Waals surface area (Å²) < 4.78 is 0. The first-order chi connectivity index (χ1) is 8.69. The van der Waals surface area contributed by atoms with Crippen LogP contribution >= 0.6 is 0 Å². The molecule has 0 fully saturated rings. The van der Waals surface area contributed by atoms with Gasteiger partial charge in [0.25, 0.3) is 0 Å². The van der Waals surface area contributed by atoms with E-state index in [0.29, 0.717) is 12.5 Å². The highest BCUT2D eigenvalue weighted by Crippen LogP contribution is 2.21. The average Bonchev–Trinajstić information content (AvgIpc) is 2.26. The third-order valence-electron chi connectivity index (χ3n) is 3.22. The smallest absolute Gasteiger partial charge is 0.0916 e. The van der Waals surface area contributed by atoms with Crippen LogP contribution in [-0.2, 0) is 0 Å². The summed E-state index contributed by atoms with van der Waals surface area (Å²) in [5, 5.41) is 10.3. The van der Waals surface area contributed by atoms with E-state index in [4.69, 9.17) is 0 Å². The quantitative estimate of drug-likeness (QED) is 0.873. The second-order valence-corrected chi connectivity index (χ2v) is 7.09. The van der Waals surface area contributed by atoms with Gasteiger partial charge in [0.15, 0.2) is 0 Å². The minimum atomic E-state index is -0.409. The first kappa shape index (κ1) is 16.2. The number of nitrogens with zero attached hydrogens (tertiary/aromatic N) is 1. The molecule has 1 atom stereocenters. The zero-order valence-electron chi connectivity index (χ0n) is 13.3. The number of aliphatic hydroxyl groups excluding tert-OH is 1. The van der Waals surface area contributed by atoms with E-state index in [1.54, 1.807) is 0 Å². The minimum absolute atomic E-state index is 0.260. The second kappa shape index (κ2) is 6.53. The predicted octanol–water partition coefficient (Wildman–Crippen LogP) is 3.82. The van der Waals surface area contributed by atoms with Crippen LogP contribution < -0.4 is 0 Å². The zero-order valence-corrected chi connectivity index (χ0v) is 13.3. The predicted molar refractivity (Wildman–Crippen MR) is 82.4 cm³/mol. The SMILES string of the molecule is CC(C)c1ccc(C(O)CN(C)CC(C)(C)C)cc1. The first-order valence-electron chi connectivity index (χ1n) is 7.15. The number of benzene rings is 1. The Labute approximate surface area is 118 Å². The molecule has 2 nitrogen and oxygen atoms in total. The Balaban J connectivity index is 2.60. The molecule has 0 saturated heterocycles. The maximum atomic E-state index is 10.3. The molecule has 0 aliphatic carbocycles. The summed E-state index contributed by atoms with van der Waals surface area (Å²) >= 11 is 0. The lowest BCUT2D eigenvalue weighted by atomic mass is 9.95. The van der Waals surface area contributed by atoms with Gasteiger partial charge in [0.05, 0.1) is 6.10 Å². The molecular formula is C17H29NO. The molecule has 1 aromatic carbocycles. The van der Waals surface area contributed by atoms with Crippen molar-refractivity contribution in [1.29, 1.82) is 0 Å². The minimum Gasteiger partial charge on any atom is -0.387 e. The lowest BCUT2D eigenvalue weighted by Gasteiger charge is -2.28. The van der Waals surface area contributed by atoms with Crippen molar-refractivity contribution in [2.75, 3.05) is 20.1 Å². The van der Waals surface area contributed by atoms with Gasteiger partial charge in [-0.3, -0.25) is 0 Å². The molecule has 1 aromatic rings. The van der Waals surface area contributed by atoms with E-state index < -0.39 is 6.10 Å². The van der Waals surface area contributed by atoms with E-state index >= 15 is 0 Å². The Morgan fingerprint density at radius 1 is 1.05 bits per heavy atom. The molecule has 19 heavy (non-hydrogen) atoms. The Morgan fingerprint density at radius 3 is 1.95 bits per heavy atom. The summed E-state index contributed by atoms with van der Waals surface area (Å²) in [5.41, 5.74) is 2.58. The summed E-state index contributed by atoms with van der Waals surface area (Å²) in [5.74, 6) is 0.537. The molecule has 0 spiro atoms. The molecule has 0 saturated carbocycles. The number of aliphatic hydroxyl groups is 1. The van der Waals surface area contributed by atoms with Crippen LogP contribution in [0.4, 0.5) is 0 Å². The number of rotatable bonds is 5. The standard InChI is InChI=1S/C17H29NO/c1-13(2)14-7-9-15(10-8-14)16(19)11-18(6)12-17(3,4)5/h7-10,13,16,19H,11-12H2,1-6H3. The van der Waals surface area contributed by atoms with Crippen molar-refractivity contribution in [3.8, 4) is 0 Å². The Kier molecular flexibility index (Phi) is 5.57. The largest absolute Gasteiger partial charge is 0.387 e. The van der Waals surface area contributed by atoms with Gasteiger partial charge >= 0.3 is 0 Å². The van der Waals surface area contributed by atoms with Crippen molar-refractivity contribution in [1.82, 2.24) is 4.90 Å². The van der Waals surface area contributed by atoms with Crippen molar-refractivity contribution in [2.24, 2.45) is 5.41 Å². The van der Waals surface area contributed by atoms with E-state index in [2.05, 4.69) is 58.7 Å². The van der Waals surface area contributed by atoms with Gasteiger partial charge < -0.3 is 10.0 Å². The molecule has 0 bridgehead atoms. The Bertz CT molecular complexity index is 375. The van der Waals surface area contributed by atoms with Crippen molar-refractivity contribution in [3.05, 3.63) is 35.4 Å². The average molecular weight is 263 g/mol. The lowest BCUT2D eigenvalue weighted by Crippen LogP contribution is -2.32. The van der Waals surface area contributed by atoms with Gasteiger partial charge in [-0.15, -0.1) is 0 Å². The zero-order chi connectivity index (χ0) is 14.6. The van der Waals surface area contributed by atoms with Crippen molar-refractivity contribution < 1.29 is 5.11 Å². The van der Waals surface area contributed by atoms with E-state index in [0.717, 1.165) is 12.1 Å². The van der Waals surface area contributed by atoms with Gasteiger partial charge in [-0.1, -0.05) is 58.9 Å². The molecule has 108 valence electrons. The van der Waals surface area contributed by atoms with Crippen LogP contribution in [0.3, 0.4) is 0 Å². The van der Waals surface area contributed by atoms with Crippen LogP contribution in [0.25, 0.3) is 0 Å². The van der Waals surface area contributed by atoms with Crippen molar-refractivity contribution >= 4 is 0 Å². The van der Waals surface area contributed by atoms with Crippen LogP contribution in [0.1, 0.15) is 57.8 Å². The third kappa shape index (κ3) is 5.75. The molecular weight excluding hydrogens is 234 g/mol. The van der Waals surface area contributed by atoms with Crippen molar-refractivity contribution in [2.45, 2.75) is 46.6 Å². The molecule has 1 N–H and O–H groups in total. The fourth-order valence-electron chi connectivity index (χ4n) is 2.38. The van der Waals surface area contributed by atoms with Crippen LogP contribution in [0.5, 0.6) is 0 Å². The molecule has 0 radical (unpaired) electrons. The van der Waals surface area contributed by atoms with Gasteiger partial charge in [0.2, 0.25) is 0 Å². The molecule has 0 heterocycles. The van der Waals surface area contributed by atoms with Crippen LogP contribution in [0.2, 0.25) is 0 Å².